The van der Waals surface area contributed by atoms with Crippen LogP contribution in [0.3, 0.4) is 0 Å². The van der Waals surface area contributed by atoms with Crippen LogP contribution in [0.25, 0.3) is 0 Å². The normalized spacial score (nSPS) is 10.2. The van der Waals surface area contributed by atoms with Gasteiger partial charge in [0.05, 0.1) is 18.6 Å². The monoisotopic (exact) mass is 298 g/mol. The molecule has 1 N–H and O–H groups in total. The van der Waals surface area contributed by atoms with E-state index in [-0.39, 0.29) is 18.0 Å². The van der Waals surface area contributed by atoms with Crippen LogP contribution < -0.4 is 10.1 Å². The highest BCUT2D eigenvalue weighted by molar-refractivity contribution is 5.71. The summed E-state index contributed by atoms with van der Waals surface area (Å²) in [5, 5.41) is 14.0. The Morgan fingerprint density at radius 2 is 2.14 bits per heavy atom. The molecule has 0 saturated carbocycles. The molecule has 8 heteroatoms. The molecular formula is C13H18N2O6. The first-order valence-electron chi connectivity index (χ1n) is 6.25. The molecule has 0 spiro atoms. The van der Waals surface area contributed by atoms with E-state index in [9.17, 15) is 14.9 Å². The fourth-order valence-electron chi connectivity index (χ4n) is 1.54. The summed E-state index contributed by atoms with van der Waals surface area (Å²) in [6.45, 7) is 1.36. The number of hydrogen-bond acceptors (Lipinski definition) is 7. The van der Waals surface area contributed by atoms with Crippen LogP contribution in [-0.4, -0.2) is 44.9 Å². The standard InChI is InChI=1S/C13H18N2O6/c1-19-6-5-14-8-10-3-4-11(15(17)18)12(7-10)21-9-13(16)20-2/h3-4,7,14H,5-6,8-9H2,1-2H3. The van der Waals surface area contributed by atoms with Crippen LogP contribution in [0.2, 0.25) is 0 Å². The Kier molecular flexibility index (Phi) is 7.13. The number of ether oxygens (including phenoxy) is 3. The third-order valence-electron chi connectivity index (χ3n) is 2.61. The molecule has 0 atom stereocenters. The molecule has 0 bridgehead atoms. The molecule has 0 saturated heterocycles. The number of nitro groups is 1. The van der Waals surface area contributed by atoms with Crippen molar-refractivity contribution in [3.63, 3.8) is 0 Å². The highest BCUT2D eigenvalue weighted by atomic mass is 16.6. The topological polar surface area (TPSA) is 99.9 Å². The first-order chi connectivity index (χ1) is 10.1. The smallest absolute Gasteiger partial charge is 0.343 e. The van der Waals surface area contributed by atoms with Gasteiger partial charge in [0.1, 0.15) is 0 Å². The van der Waals surface area contributed by atoms with E-state index < -0.39 is 10.9 Å². The van der Waals surface area contributed by atoms with Crippen molar-refractivity contribution in [1.82, 2.24) is 5.32 Å². The van der Waals surface area contributed by atoms with Crippen LogP contribution in [0.5, 0.6) is 5.75 Å². The number of nitro benzene ring substituents is 1. The summed E-state index contributed by atoms with van der Waals surface area (Å²) in [5.74, 6) is -0.565. The second-order valence-corrected chi connectivity index (χ2v) is 4.09. The zero-order chi connectivity index (χ0) is 15.7. The Labute approximate surface area is 122 Å². The maximum Gasteiger partial charge on any atom is 0.343 e. The number of carbonyl (C=O) groups is 1. The van der Waals surface area contributed by atoms with Crippen molar-refractivity contribution in [2.24, 2.45) is 0 Å². The molecule has 0 aliphatic heterocycles. The van der Waals surface area contributed by atoms with Gasteiger partial charge in [0, 0.05) is 26.3 Å². The summed E-state index contributed by atoms with van der Waals surface area (Å²) in [6.07, 6.45) is 0. The molecule has 0 aromatic heterocycles. The number of esters is 1. The zero-order valence-electron chi connectivity index (χ0n) is 12.0. The summed E-state index contributed by atoms with van der Waals surface area (Å²) in [6, 6.07) is 4.50. The molecule has 21 heavy (non-hydrogen) atoms. The van der Waals surface area contributed by atoms with E-state index >= 15 is 0 Å². The second kappa shape index (κ2) is 8.88. The minimum Gasteiger partial charge on any atom is -0.475 e. The molecule has 8 nitrogen and oxygen atoms in total. The average Bonchev–Trinajstić information content (AvgIpc) is 2.49. The molecular weight excluding hydrogens is 280 g/mol. The second-order valence-electron chi connectivity index (χ2n) is 4.09. The number of rotatable bonds is 9. The van der Waals surface area contributed by atoms with Crippen molar-refractivity contribution in [2.45, 2.75) is 6.54 Å². The Morgan fingerprint density at radius 1 is 1.38 bits per heavy atom. The molecule has 0 heterocycles. The maximum absolute atomic E-state index is 11.1. The SMILES string of the molecule is COCCNCc1ccc([N+](=O)[O-])c(OCC(=O)OC)c1. The van der Waals surface area contributed by atoms with Gasteiger partial charge < -0.3 is 19.5 Å². The molecule has 1 aromatic rings. The average molecular weight is 298 g/mol. The largest absolute Gasteiger partial charge is 0.475 e. The lowest BCUT2D eigenvalue weighted by Gasteiger charge is -2.09. The van der Waals surface area contributed by atoms with Gasteiger partial charge >= 0.3 is 11.7 Å². The summed E-state index contributed by atoms with van der Waals surface area (Å²) >= 11 is 0. The van der Waals surface area contributed by atoms with Crippen LogP contribution in [0.1, 0.15) is 5.56 Å². The van der Waals surface area contributed by atoms with E-state index in [1.807, 2.05) is 0 Å². The molecule has 0 fully saturated rings. The van der Waals surface area contributed by atoms with Crippen LogP contribution in [0.15, 0.2) is 18.2 Å². The molecule has 116 valence electrons. The van der Waals surface area contributed by atoms with Crippen LogP contribution in [0.4, 0.5) is 5.69 Å². The van der Waals surface area contributed by atoms with Gasteiger partial charge in [-0.1, -0.05) is 6.07 Å². The number of nitrogens with zero attached hydrogens (tertiary/aromatic N) is 1. The van der Waals surface area contributed by atoms with E-state index in [4.69, 9.17) is 9.47 Å². The lowest BCUT2D eigenvalue weighted by molar-refractivity contribution is -0.385. The zero-order valence-corrected chi connectivity index (χ0v) is 12.0. The molecule has 0 aliphatic rings. The van der Waals surface area contributed by atoms with E-state index in [0.717, 1.165) is 5.56 Å². The molecule has 0 unspecified atom stereocenters. The number of methoxy groups -OCH3 is 2. The summed E-state index contributed by atoms with van der Waals surface area (Å²) in [7, 11) is 2.82. The minimum absolute atomic E-state index is 0.0384. The van der Waals surface area contributed by atoms with Crippen molar-refractivity contribution in [3.05, 3.63) is 33.9 Å². The molecule has 1 aromatic carbocycles. The first-order valence-corrected chi connectivity index (χ1v) is 6.25. The third-order valence-corrected chi connectivity index (χ3v) is 2.61. The molecule has 0 amide bonds. The van der Waals surface area contributed by atoms with E-state index in [2.05, 4.69) is 10.1 Å². The van der Waals surface area contributed by atoms with E-state index in [1.54, 1.807) is 13.2 Å². The van der Waals surface area contributed by atoms with Crippen molar-refractivity contribution in [2.75, 3.05) is 34.0 Å². The van der Waals surface area contributed by atoms with Gasteiger partial charge in [0.15, 0.2) is 12.4 Å². The predicted octanol–water partition coefficient (Wildman–Crippen LogP) is 0.883. The van der Waals surface area contributed by atoms with Gasteiger partial charge in [0.2, 0.25) is 0 Å². The van der Waals surface area contributed by atoms with Crippen LogP contribution in [-0.2, 0) is 20.8 Å². The van der Waals surface area contributed by atoms with Crippen LogP contribution >= 0.6 is 0 Å². The van der Waals surface area contributed by atoms with Crippen molar-refractivity contribution in [1.29, 1.82) is 0 Å². The van der Waals surface area contributed by atoms with Gasteiger partial charge in [0.25, 0.3) is 0 Å². The van der Waals surface area contributed by atoms with Crippen molar-refractivity contribution < 1.29 is 23.9 Å². The highest BCUT2D eigenvalue weighted by Gasteiger charge is 2.16. The van der Waals surface area contributed by atoms with E-state index in [1.165, 1.54) is 19.2 Å². The summed E-state index contributed by atoms with van der Waals surface area (Å²) in [4.78, 5) is 21.4. The third kappa shape index (κ3) is 5.76. The fourth-order valence-corrected chi connectivity index (χ4v) is 1.54. The van der Waals surface area contributed by atoms with Gasteiger partial charge in [-0.25, -0.2) is 4.79 Å². The lowest BCUT2D eigenvalue weighted by Crippen LogP contribution is -2.18. The predicted molar refractivity (Wildman–Crippen MR) is 74.2 cm³/mol. The van der Waals surface area contributed by atoms with Crippen molar-refractivity contribution in [3.8, 4) is 5.75 Å². The molecule has 0 radical (unpaired) electrons. The van der Waals surface area contributed by atoms with Gasteiger partial charge in [-0.05, 0) is 11.6 Å². The van der Waals surface area contributed by atoms with Gasteiger partial charge in [-0.3, -0.25) is 10.1 Å². The first kappa shape index (κ1) is 16.9. The Hall–Kier alpha value is -2.19. The fraction of sp³-hybridized carbons (Fsp3) is 0.462. The lowest BCUT2D eigenvalue weighted by atomic mass is 10.2. The summed E-state index contributed by atoms with van der Waals surface area (Å²) < 4.78 is 14.5. The summed E-state index contributed by atoms with van der Waals surface area (Å²) in [5.41, 5.74) is 0.608. The van der Waals surface area contributed by atoms with Crippen molar-refractivity contribution >= 4 is 11.7 Å². The van der Waals surface area contributed by atoms with Crippen LogP contribution in [0, 0.1) is 10.1 Å². The molecule has 1 rings (SSSR count). The quantitative estimate of drug-likeness (QED) is 0.312. The van der Waals surface area contributed by atoms with Gasteiger partial charge in [-0.15, -0.1) is 0 Å². The minimum atomic E-state index is -0.604. The van der Waals surface area contributed by atoms with Gasteiger partial charge in [-0.2, -0.15) is 0 Å². The maximum atomic E-state index is 11.1. The number of carbonyl (C=O) groups excluding carboxylic acids is 1. The number of nitrogens with one attached hydrogen (secondary N) is 1. The Morgan fingerprint density at radius 3 is 2.76 bits per heavy atom. The molecule has 0 aliphatic carbocycles. The highest BCUT2D eigenvalue weighted by Crippen LogP contribution is 2.28. The van der Waals surface area contributed by atoms with E-state index in [0.29, 0.717) is 19.7 Å². The number of hydrogen-bond donors (Lipinski definition) is 1. The Balaban J connectivity index is 2.75. The number of benzene rings is 1. The Bertz CT molecular complexity index is 492.